The second kappa shape index (κ2) is 6.41. The van der Waals surface area contributed by atoms with Gasteiger partial charge < -0.3 is 4.57 Å². The first-order valence-electron chi connectivity index (χ1n) is 7.20. The first-order chi connectivity index (χ1) is 9.95. The van der Waals surface area contributed by atoms with Crippen LogP contribution in [0.3, 0.4) is 0 Å². The van der Waals surface area contributed by atoms with Gasteiger partial charge in [-0.05, 0) is 38.1 Å². The van der Waals surface area contributed by atoms with Gasteiger partial charge in [-0.1, -0.05) is 48.9 Å². The number of carbonyl (C=O) groups is 1. The summed E-state index contributed by atoms with van der Waals surface area (Å²) in [5.41, 5.74) is 4.42. The molecule has 2 rings (SSSR count). The lowest BCUT2D eigenvalue weighted by Crippen LogP contribution is -2.16. The second-order valence-electron chi connectivity index (χ2n) is 5.43. The van der Waals surface area contributed by atoms with Crippen molar-refractivity contribution >= 4 is 18.9 Å². The normalized spacial score (nSPS) is 12.2. The third-order valence-electron chi connectivity index (χ3n) is 3.70. The Morgan fingerprint density at radius 1 is 1.05 bits per heavy atom. The van der Waals surface area contributed by atoms with Crippen molar-refractivity contribution in [2.45, 2.75) is 27.7 Å². The highest BCUT2D eigenvalue weighted by Crippen LogP contribution is 2.25. The molecule has 21 heavy (non-hydrogen) atoms. The van der Waals surface area contributed by atoms with Crippen molar-refractivity contribution < 1.29 is 9.36 Å². The molecule has 0 fully saturated rings. The SMILES string of the molecule is CC[PH](=O)c1ccccc1C(=O)c1c(C)cc(C)cc1C. The average Bonchev–Trinajstić information content (AvgIpc) is 2.45. The first-order valence-corrected chi connectivity index (χ1v) is 8.82. The molecule has 0 radical (unpaired) electrons. The maximum atomic E-state index is 12.9. The van der Waals surface area contributed by atoms with Crippen molar-refractivity contribution in [1.29, 1.82) is 0 Å². The number of rotatable bonds is 4. The Labute approximate surface area is 127 Å². The first kappa shape index (κ1) is 15.7. The Balaban J connectivity index is 2.59. The van der Waals surface area contributed by atoms with Crippen LogP contribution in [0.15, 0.2) is 36.4 Å². The molecule has 2 aromatic rings. The minimum absolute atomic E-state index is 0.0209. The number of aryl methyl sites for hydroxylation is 3. The van der Waals surface area contributed by atoms with Crippen molar-refractivity contribution in [3.8, 4) is 0 Å². The molecular formula is C18H21O2P. The van der Waals surface area contributed by atoms with E-state index in [0.29, 0.717) is 17.0 Å². The van der Waals surface area contributed by atoms with E-state index in [9.17, 15) is 9.36 Å². The van der Waals surface area contributed by atoms with Gasteiger partial charge >= 0.3 is 0 Å². The smallest absolute Gasteiger partial charge is 0.194 e. The lowest BCUT2D eigenvalue weighted by molar-refractivity contribution is 0.103. The predicted molar refractivity (Wildman–Crippen MR) is 89.7 cm³/mol. The van der Waals surface area contributed by atoms with Crippen LogP contribution >= 0.6 is 7.80 Å². The van der Waals surface area contributed by atoms with Crippen LogP contribution in [-0.4, -0.2) is 11.9 Å². The number of ketones is 1. The van der Waals surface area contributed by atoms with Crippen molar-refractivity contribution in [3.05, 3.63) is 64.2 Å². The molecule has 0 aromatic heterocycles. The van der Waals surface area contributed by atoms with Crippen molar-refractivity contribution in [1.82, 2.24) is 0 Å². The van der Waals surface area contributed by atoms with E-state index in [4.69, 9.17) is 0 Å². The average molecular weight is 300 g/mol. The molecule has 0 heterocycles. The Hall–Kier alpha value is -1.66. The number of hydrogen-bond donors (Lipinski definition) is 0. The molecule has 0 N–H and O–H groups in total. The maximum absolute atomic E-state index is 12.9. The number of benzene rings is 2. The summed E-state index contributed by atoms with van der Waals surface area (Å²) in [5, 5.41) is 0.703. The van der Waals surface area contributed by atoms with Gasteiger partial charge in [0.25, 0.3) is 0 Å². The highest BCUT2D eigenvalue weighted by molar-refractivity contribution is 7.53. The van der Waals surface area contributed by atoms with Crippen LogP contribution < -0.4 is 5.30 Å². The zero-order valence-electron chi connectivity index (χ0n) is 13.0. The van der Waals surface area contributed by atoms with E-state index in [2.05, 4.69) is 0 Å². The van der Waals surface area contributed by atoms with Crippen molar-refractivity contribution in [3.63, 3.8) is 0 Å². The Bertz CT molecular complexity index is 694. The molecule has 0 aliphatic rings. The fourth-order valence-corrected chi connectivity index (χ4v) is 3.95. The van der Waals surface area contributed by atoms with Crippen LogP contribution in [0.1, 0.15) is 39.5 Å². The molecule has 0 amide bonds. The van der Waals surface area contributed by atoms with Gasteiger partial charge in [-0.15, -0.1) is 0 Å². The van der Waals surface area contributed by atoms with E-state index >= 15 is 0 Å². The second-order valence-corrected chi connectivity index (χ2v) is 7.52. The Morgan fingerprint density at radius 3 is 2.19 bits per heavy atom. The van der Waals surface area contributed by atoms with Crippen LogP contribution in [0.2, 0.25) is 0 Å². The highest BCUT2D eigenvalue weighted by Gasteiger charge is 2.19. The molecule has 0 aliphatic heterocycles. The van der Waals surface area contributed by atoms with Gasteiger partial charge in [-0.25, -0.2) is 0 Å². The minimum Gasteiger partial charge on any atom is -0.322 e. The molecule has 1 atom stereocenters. The lowest BCUT2D eigenvalue weighted by Gasteiger charge is -2.13. The fourth-order valence-electron chi connectivity index (χ4n) is 2.79. The van der Waals surface area contributed by atoms with Gasteiger partial charge in [0.1, 0.15) is 7.80 Å². The van der Waals surface area contributed by atoms with Crippen LogP contribution in [0.4, 0.5) is 0 Å². The van der Waals surface area contributed by atoms with E-state index in [1.807, 2.05) is 58.0 Å². The lowest BCUT2D eigenvalue weighted by atomic mass is 9.93. The van der Waals surface area contributed by atoms with Crippen LogP contribution in [0, 0.1) is 20.8 Å². The molecule has 1 unspecified atom stereocenters. The fraction of sp³-hybridized carbons (Fsp3) is 0.278. The van der Waals surface area contributed by atoms with E-state index in [1.54, 1.807) is 6.07 Å². The molecule has 3 heteroatoms. The van der Waals surface area contributed by atoms with Crippen molar-refractivity contribution in [2.75, 3.05) is 6.16 Å². The summed E-state index contributed by atoms with van der Waals surface area (Å²) in [6, 6.07) is 11.3. The molecular weight excluding hydrogens is 279 g/mol. The van der Waals surface area contributed by atoms with E-state index < -0.39 is 7.80 Å². The van der Waals surface area contributed by atoms with E-state index in [0.717, 1.165) is 22.3 Å². The predicted octanol–water partition coefficient (Wildman–Crippen LogP) is 4.05. The highest BCUT2D eigenvalue weighted by atomic mass is 31.1. The molecule has 2 aromatic carbocycles. The van der Waals surface area contributed by atoms with Crippen LogP contribution in [-0.2, 0) is 4.57 Å². The Morgan fingerprint density at radius 2 is 1.62 bits per heavy atom. The zero-order valence-corrected chi connectivity index (χ0v) is 14.0. The molecule has 0 bridgehead atoms. The largest absolute Gasteiger partial charge is 0.322 e. The third-order valence-corrected chi connectivity index (χ3v) is 5.38. The summed E-state index contributed by atoms with van der Waals surface area (Å²) in [7, 11) is -1.89. The van der Waals surface area contributed by atoms with Gasteiger partial charge in [0, 0.05) is 16.4 Å². The van der Waals surface area contributed by atoms with Gasteiger partial charge in [0.05, 0.1) is 0 Å². The summed E-state index contributed by atoms with van der Waals surface area (Å²) < 4.78 is 12.2. The molecule has 0 saturated carbocycles. The summed E-state index contributed by atoms with van der Waals surface area (Å²) in [6.45, 7) is 7.83. The van der Waals surface area contributed by atoms with Gasteiger partial charge in [-0.2, -0.15) is 0 Å². The Kier molecular flexibility index (Phi) is 4.80. The summed E-state index contributed by atoms with van der Waals surface area (Å²) in [5.74, 6) is -0.0209. The van der Waals surface area contributed by atoms with Gasteiger partial charge in [0.15, 0.2) is 5.78 Å². The van der Waals surface area contributed by atoms with Gasteiger partial charge in [-0.3, -0.25) is 4.79 Å². The van der Waals surface area contributed by atoms with Crippen molar-refractivity contribution in [2.24, 2.45) is 0 Å². The monoisotopic (exact) mass is 300 g/mol. The van der Waals surface area contributed by atoms with E-state index in [-0.39, 0.29) is 5.78 Å². The van der Waals surface area contributed by atoms with Crippen LogP contribution in [0.25, 0.3) is 0 Å². The zero-order chi connectivity index (χ0) is 15.6. The van der Waals surface area contributed by atoms with E-state index in [1.165, 1.54) is 0 Å². The quantitative estimate of drug-likeness (QED) is 0.630. The molecule has 2 nitrogen and oxygen atoms in total. The number of carbonyl (C=O) groups excluding carboxylic acids is 1. The molecule has 0 spiro atoms. The minimum atomic E-state index is -1.89. The number of hydrogen-bond acceptors (Lipinski definition) is 2. The standard InChI is InChI=1S/C18H21O2P/c1-5-21(20)16-9-7-6-8-15(16)18(19)17-13(3)10-12(2)11-14(17)4/h6-11,21H,5H2,1-4H3. The van der Waals surface area contributed by atoms with Crippen LogP contribution in [0.5, 0.6) is 0 Å². The van der Waals surface area contributed by atoms with Gasteiger partial charge in [0.2, 0.25) is 0 Å². The topological polar surface area (TPSA) is 34.1 Å². The molecule has 110 valence electrons. The maximum Gasteiger partial charge on any atom is 0.194 e. The summed E-state index contributed by atoms with van der Waals surface area (Å²) >= 11 is 0. The third kappa shape index (κ3) is 3.16. The molecule has 0 aliphatic carbocycles. The molecule has 0 saturated heterocycles. The summed E-state index contributed by atoms with van der Waals surface area (Å²) in [4.78, 5) is 12.9. The summed E-state index contributed by atoms with van der Waals surface area (Å²) in [6.07, 6.45) is 0.584.